The molecule has 7 heteroatoms. The molecule has 7 nitrogen and oxygen atoms in total. The van der Waals surface area contributed by atoms with Crippen LogP contribution in [0.4, 0.5) is 0 Å². The number of benzene rings is 2. The lowest BCUT2D eigenvalue weighted by Gasteiger charge is -2.15. The fourth-order valence-electron chi connectivity index (χ4n) is 3.41. The maximum absolute atomic E-state index is 12.5. The SMILES string of the molecule is COc1cc(CNC(=O)c2cc(-c3ccc(C)cc3)no2)ccc1OCC1CCCO1. The minimum atomic E-state index is -0.330. The highest BCUT2D eigenvalue weighted by atomic mass is 16.5. The Hall–Kier alpha value is -3.32. The molecule has 1 unspecified atom stereocenters. The number of rotatable bonds is 8. The predicted octanol–water partition coefficient (Wildman–Crippen LogP) is 4.15. The molecule has 2 heterocycles. The van der Waals surface area contributed by atoms with Crippen molar-refractivity contribution >= 4 is 5.91 Å². The van der Waals surface area contributed by atoms with Gasteiger partial charge in [-0.2, -0.15) is 0 Å². The fourth-order valence-corrected chi connectivity index (χ4v) is 3.41. The Morgan fingerprint density at radius 2 is 2.00 bits per heavy atom. The summed E-state index contributed by atoms with van der Waals surface area (Å²) in [6.07, 6.45) is 2.22. The summed E-state index contributed by atoms with van der Waals surface area (Å²) in [4.78, 5) is 12.5. The minimum absolute atomic E-state index is 0.135. The number of aryl methyl sites for hydroxylation is 1. The van der Waals surface area contributed by atoms with Crippen LogP contribution < -0.4 is 14.8 Å². The van der Waals surface area contributed by atoms with E-state index in [9.17, 15) is 4.79 Å². The van der Waals surface area contributed by atoms with Crippen molar-refractivity contribution < 1.29 is 23.5 Å². The number of amides is 1. The molecular weight excluding hydrogens is 396 g/mol. The van der Waals surface area contributed by atoms with E-state index in [-0.39, 0.29) is 17.8 Å². The molecule has 3 aromatic rings. The summed E-state index contributed by atoms with van der Waals surface area (Å²) in [5.41, 5.74) is 3.56. The first-order valence-corrected chi connectivity index (χ1v) is 10.4. The van der Waals surface area contributed by atoms with Crippen LogP contribution in [0.2, 0.25) is 0 Å². The van der Waals surface area contributed by atoms with E-state index in [1.807, 2.05) is 49.4 Å². The Morgan fingerprint density at radius 1 is 1.16 bits per heavy atom. The first kappa shape index (κ1) is 20.9. The van der Waals surface area contributed by atoms with E-state index in [1.54, 1.807) is 13.2 Å². The molecule has 1 aliphatic rings. The molecule has 2 aromatic carbocycles. The van der Waals surface area contributed by atoms with Gasteiger partial charge in [0.15, 0.2) is 11.5 Å². The Morgan fingerprint density at radius 3 is 2.74 bits per heavy atom. The number of aromatic nitrogens is 1. The van der Waals surface area contributed by atoms with Crippen molar-refractivity contribution in [2.75, 3.05) is 20.3 Å². The Bertz CT molecular complexity index is 1020. The molecule has 1 N–H and O–H groups in total. The van der Waals surface area contributed by atoms with E-state index < -0.39 is 0 Å². The number of nitrogens with zero attached hydrogens (tertiary/aromatic N) is 1. The average molecular weight is 422 g/mol. The molecule has 0 saturated carbocycles. The van der Waals surface area contributed by atoms with Crippen LogP contribution in [0.15, 0.2) is 53.1 Å². The lowest BCUT2D eigenvalue weighted by Crippen LogP contribution is -2.22. The maximum atomic E-state index is 12.5. The van der Waals surface area contributed by atoms with E-state index in [0.29, 0.717) is 30.3 Å². The van der Waals surface area contributed by atoms with Crippen molar-refractivity contribution in [2.45, 2.75) is 32.4 Å². The van der Waals surface area contributed by atoms with Gasteiger partial charge in [-0.15, -0.1) is 0 Å². The molecule has 0 aliphatic carbocycles. The molecule has 4 rings (SSSR count). The van der Waals surface area contributed by atoms with Crippen molar-refractivity contribution in [3.05, 3.63) is 65.4 Å². The van der Waals surface area contributed by atoms with Gasteiger partial charge >= 0.3 is 0 Å². The highest BCUT2D eigenvalue weighted by Crippen LogP contribution is 2.29. The van der Waals surface area contributed by atoms with Crippen LogP contribution in [0.1, 0.15) is 34.5 Å². The van der Waals surface area contributed by atoms with E-state index in [1.165, 1.54) is 0 Å². The zero-order valence-electron chi connectivity index (χ0n) is 17.7. The van der Waals surface area contributed by atoms with Crippen LogP contribution >= 0.6 is 0 Å². The number of nitrogens with one attached hydrogen (secondary N) is 1. The van der Waals surface area contributed by atoms with Gasteiger partial charge in [0, 0.05) is 24.8 Å². The third-order valence-corrected chi connectivity index (χ3v) is 5.21. The molecule has 1 aromatic heterocycles. The molecule has 162 valence electrons. The maximum Gasteiger partial charge on any atom is 0.290 e. The van der Waals surface area contributed by atoms with Crippen molar-refractivity contribution in [3.63, 3.8) is 0 Å². The smallest absolute Gasteiger partial charge is 0.290 e. The van der Waals surface area contributed by atoms with Crippen LogP contribution in [0.5, 0.6) is 11.5 Å². The van der Waals surface area contributed by atoms with Crippen molar-refractivity contribution in [1.82, 2.24) is 10.5 Å². The molecule has 1 fully saturated rings. The van der Waals surface area contributed by atoms with Crippen LogP contribution in [0.25, 0.3) is 11.3 Å². The predicted molar refractivity (Wildman–Crippen MR) is 115 cm³/mol. The third-order valence-electron chi connectivity index (χ3n) is 5.21. The second kappa shape index (κ2) is 9.66. The molecule has 1 saturated heterocycles. The van der Waals surface area contributed by atoms with Crippen molar-refractivity contribution in [3.8, 4) is 22.8 Å². The lowest BCUT2D eigenvalue weighted by atomic mass is 10.1. The second-order valence-corrected chi connectivity index (χ2v) is 7.56. The van der Waals surface area contributed by atoms with Crippen LogP contribution in [-0.2, 0) is 11.3 Å². The summed E-state index contributed by atoms with van der Waals surface area (Å²) in [6, 6.07) is 15.1. The summed E-state index contributed by atoms with van der Waals surface area (Å²) in [5, 5.41) is 6.85. The number of methoxy groups -OCH3 is 1. The topological polar surface area (TPSA) is 82.8 Å². The molecule has 0 radical (unpaired) electrons. The van der Waals surface area contributed by atoms with Crippen molar-refractivity contribution in [1.29, 1.82) is 0 Å². The van der Waals surface area contributed by atoms with Crippen LogP contribution in [0, 0.1) is 6.92 Å². The lowest BCUT2D eigenvalue weighted by molar-refractivity contribution is 0.0669. The van der Waals surface area contributed by atoms with E-state index in [4.69, 9.17) is 18.7 Å². The van der Waals surface area contributed by atoms with Gasteiger partial charge in [0.1, 0.15) is 12.3 Å². The number of ether oxygens (including phenoxy) is 3. The molecule has 0 bridgehead atoms. The molecule has 1 atom stereocenters. The Labute approximate surface area is 181 Å². The first-order valence-electron chi connectivity index (χ1n) is 10.4. The molecule has 1 amide bonds. The zero-order chi connectivity index (χ0) is 21.6. The summed E-state index contributed by atoms with van der Waals surface area (Å²) in [5.74, 6) is 1.11. The zero-order valence-corrected chi connectivity index (χ0v) is 17.7. The molecule has 0 spiro atoms. The Kier molecular flexibility index (Phi) is 6.52. The van der Waals surface area contributed by atoms with Crippen molar-refractivity contribution in [2.24, 2.45) is 0 Å². The second-order valence-electron chi connectivity index (χ2n) is 7.56. The van der Waals surface area contributed by atoms with Gasteiger partial charge < -0.3 is 24.1 Å². The van der Waals surface area contributed by atoms with E-state index >= 15 is 0 Å². The first-order chi connectivity index (χ1) is 15.1. The van der Waals surface area contributed by atoms with Gasteiger partial charge in [-0.05, 0) is 37.5 Å². The monoisotopic (exact) mass is 422 g/mol. The standard InChI is InChI=1S/C24H26N2O5/c1-16-5-8-18(9-6-16)20-13-23(31-26-20)24(27)25-14-17-7-10-21(22(12-17)28-2)30-15-19-4-3-11-29-19/h5-10,12-13,19H,3-4,11,14-15H2,1-2H3,(H,25,27). The van der Waals surface area contributed by atoms with E-state index in [0.717, 1.165) is 36.1 Å². The largest absolute Gasteiger partial charge is 0.493 e. The summed E-state index contributed by atoms with van der Waals surface area (Å²) in [7, 11) is 1.59. The normalized spacial score (nSPS) is 15.6. The summed E-state index contributed by atoms with van der Waals surface area (Å²) in [6.45, 7) is 3.63. The number of hydrogen-bond donors (Lipinski definition) is 1. The van der Waals surface area contributed by atoms with Gasteiger partial charge in [-0.1, -0.05) is 41.1 Å². The molecule has 31 heavy (non-hydrogen) atoms. The number of hydrogen-bond acceptors (Lipinski definition) is 6. The highest BCUT2D eigenvalue weighted by Gasteiger charge is 2.18. The van der Waals surface area contributed by atoms with Crippen LogP contribution in [-0.4, -0.2) is 37.5 Å². The number of carbonyl (C=O) groups excluding carboxylic acids is 1. The molecule has 1 aliphatic heterocycles. The van der Waals surface area contributed by atoms with E-state index in [2.05, 4.69) is 10.5 Å². The number of carbonyl (C=O) groups is 1. The highest BCUT2D eigenvalue weighted by molar-refractivity contribution is 5.92. The minimum Gasteiger partial charge on any atom is -0.493 e. The summed E-state index contributed by atoms with van der Waals surface area (Å²) < 4.78 is 22.1. The van der Waals surface area contributed by atoms with Gasteiger partial charge in [0.25, 0.3) is 5.91 Å². The summed E-state index contributed by atoms with van der Waals surface area (Å²) >= 11 is 0. The van der Waals surface area contributed by atoms with Gasteiger partial charge in [-0.3, -0.25) is 4.79 Å². The third kappa shape index (κ3) is 5.24. The van der Waals surface area contributed by atoms with Crippen LogP contribution in [0.3, 0.4) is 0 Å². The van der Waals surface area contributed by atoms with Gasteiger partial charge in [0.2, 0.25) is 5.76 Å². The molecular formula is C24H26N2O5. The average Bonchev–Trinajstić information content (AvgIpc) is 3.49. The quantitative estimate of drug-likeness (QED) is 0.587. The Balaban J connectivity index is 1.35. The fraction of sp³-hybridized carbons (Fsp3) is 0.333. The van der Waals surface area contributed by atoms with Gasteiger partial charge in [-0.25, -0.2) is 0 Å². The van der Waals surface area contributed by atoms with Gasteiger partial charge in [0.05, 0.1) is 13.2 Å².